The van der Waals surface area contributed by atoms with Gasteiger partial charge in [0.15, 0.2) is 0 Å². The maximum atomic E-state index is 13.9. The van der Waals surface area contributed by atoms with Crippen molar-refractivity contribution >= 4 is 31.6 Å². The van der Waals surface area contributed by atoms with Gasteiger partial charge >= 0.3 is 0 Å². The number of halogens is 3. The standard InChI is InChI=1S/C19H17BrF2N4O3S/c20-13-1-4-18-23-15(10-19(27)26(18)11-13)12-24-5-7-25(8-6-24)30(28,29)17-9-14(21)2-3-16(17)22/h1-4,9-11H,5-8,12H2. The van der Waals surface area contributed by atoms with Gasteiger partial charge in [0.2, 0.25) is 10.0 Å². The average Bonchev–Trinajstić information content (AvgIpc) is 2.71. The smallest absolute Gasteiger partial charge is 0.258 e. The number of aromatic nitrogens is 2. The zero-order chi connectivity index (χ0) is 21.5. The van der Waals surface area contributed by atoms with E-state index in [1.165, 1.54) is 10.5 Å². The summed E-state index contributed by atoms with van der Waals surface area (Å²) in [5, 5.41) is 0. The molecule has 0 amide bonds. The molecule has 0 saturated carbocycles. The molecule has 0 radical (unpaired) electrons. The number of nitrogens with zero attached hydrogens (tertiary/aromatic N) is 4. The van der Waals surface area contributed by atoms with Crippen LogP contribution >= 0.6 is 15.9 Å². The number of sulfonamides is 1. The molecule has 3 heterocycles. The minimum absolute atomic E-state index is 0.123. The minimum atomic E-state index is -4.13. The zero-order valence-corrected chi connectivity index (χ0v) is 18.0. The average molecular weight is 499 g/mol. The van der Waals surface area contributed by atoms with Gasteiger partial charge in [0, 0.05) is 49.5 Å². The molecule has 3 aromatic rings. The number of hydrogen-bond donors (Lipinski definition) is 0. The fourth-order valence-corrected chi connectivity index (χ4v) is 5.21. The summed E-state index contributed by atoms with van der Waals surface area (Å²) < 4.78 is 56.1. The van der Waals surface area contributed by atoms with Gasteiger partial charge in [-0.05, 0) is 46.3 Å². The second kappa shape index (κ2) is 8.14. The van der Waals surface area contributed by atoms with E-state index in [9.17, 15) is 22.0 Å². The summed E-state index contributed by atoms with van der Waals surface area (Å²) in [6, 6.07) is 7.35. The Morgan fingerprint density at radius 1 is 1.03 bits per heavy atom. The Morgan fingerprint density at radius 3 is 2.50 bits per heavy atom. The molecule has 7 nitrogen and oxygen atoms in total. The van der Waals surface area contributed by atoms with E-state index in [2.05, 4.69) is 20.9 Å². The van der Waals surface area contributed by atoms with Crippen LogP contribution in [0.2, 0.25) is 0 Å². The van der Waals surface area contributed by atoms with Crippen LogP contribution in [0.1, 0.15) is 5.69 Å². The number of benzene rings is 1. The number of pyridine rings is 1. The molecule has 1 aliphatic heterocycles. The summed E-state index contributed by atoms with van der Waals surface area (Å²) in [6.45, 7) is 1.37. The Labute approximate surface area is 179 Å². The maximum Gasteiger partial charge on any atom is 0.258 e. The second-order valence-corrected chi connectivity index (χ2v) is 9.74. The van der Waals surface area contributed by atoms with Crippen LogP contribution in [0, 0.1) is 11.6 Å². The first-order valence-electron chi connectivity index (χ1n) is 9.09. The molecule has 0 spiro atoms. The molecule has 30 heavy (non-hydrogen) atoms. The van der Waals surface area contributed by atoms with Gasteiger partial charge in [-0.1, -0.05) is 0 Å². The highest BCUT2D eigenvalue weighted by atomic mass is 79.9. The van der Waals surface area contributed by atoms with Gasteiger partial charge in [-0.3, -0.25) is 14.1 Å². The monoisotopic (exact) mass is 498 g/mol. The van der Waals surface area contributed by atoms with Crippen molar-refractivity contribution in [1.29, 1.82) is 0 Å². The Balaban J connectivity index is 1.47. The maximum absolute atomic E-state index is 13.9. The third-order valence-corrected chi connectivity index (χ3v) is 7.29. The summed E-state index contributed by atoms with van der Waals surface area (Å²) in [5.74, 6) is -1.79. The van der Waals surface area contributed by atoms with Gasteiger partial charge in [-0.15, -0.1) is 0 Å². The molecule has 1 fully saturated rings. The highest BCUT2D eigenvalue weighted by Crippen LogP contribution is 2.22. The van der Waals surface area contributed by atoms with Crippen molar-refractivity contribution in [2.24, 2.45) is 0 Å². The van der Waals surface area contributed by atoms with Crippen LogP contribution in [0.15, 0.2) is 56.8 Å². The van der Waals surface area contributed by atoms with Crippen molar-refractivity contribution in [3.05, 3.63) is 74.7 Å². The minimum Gasteiger partial charge on any atom is -0.295 e. The second-order valence-electron chi connectivity index (χ2n) is 6.92. The van der Waals surface area contributed by atoms with Gasteiger partial charge in [0.05, 0.1) is 5.69 Å². The van der Waals surface area contributed by atoms with E-state index in [1.807, 2.05) is 4.90 Å². The number of rotatable bonds is 4. The molecule has 0 N–H and O–H groups in total. The fraction of sp³-hybridized carbons (Fsp3) is 0.263. The van der Waals surface area contributed by atoms with Crippen LogP contribution in [0.25, 0.3) is 5.65 Å². The van der Waals surface area contributed by atoms with Crippen molar-refractivity contribution in [2.45, 2.75) is 11.4 Å². The van der Waals surface area contributed by atoms with E-state index in [0.29, 0.717) is 37.0 Å². The van der Waals surface area contributed by atoms with E-state index in [4.69, 9.17) is 0 Å². The lowest BCUT2D eigenvalue weighted by atomic mass is 10.3. The molecule has 0 aliphatic carbocycles. The SMILES string of the molecule is O=c1cc(CN2CCN(S(=O)(=O)c3cc(F)ccc3F)CC2)nc2ccc(Br)cn12. The predicted octanol–water partition coefficient (Wildman–Crippen LogP) is 2.24. The summed E-state index contributed by atoms with van der Waals surface area (Å²) in [5.41, 5.74) is 0.886. The number of hydrogen-bond acceptors (Lipinski definition) is 5. The Bertz CT molecular complexity index is 1270. The first-order chi connectivity index (χ1) is 14.2. The van der Waals surface area contributed by atoms with Crippen molar-refractivity contribution in [2.75, 3.05) is 26.2 Å². The van der Waals surface area contributed by atoms with Gasteiger partial charge in [-0.25, -0.2) is 22.2 Å². The summed E-state index contributed by atoms with van der Waals surface area (Å²) in [4.78, 5) is 18.1. The van der Waals surface area contributed by atoms with E-state index >= 15 is 0 Å². The van der Waals surface area contributed by atoms with E-state index in [-0.39, 0.29) is 18.6 Å². The largest absolute Gasteiger partial charge is 0.295 e. The van der Waals surface area contributed by atoms with Crippen LogP contribution in [0.5, 0.6) is 0 Å². The zero-order valence-electron chi connectivity index (χ0n) is 15.6. The fourth-order valence-electron chi connectivity index (χ4n) is 3.38. The lowest BCUT2D eigenvalue weighted by molar-refractivity contribution is 0.179. The molecule has 1 aliphatic rings. The molecule has 11 heteroatoms. The summed E-state index contributed by atoms with van der Waals surface area (Å²) in [7, 11) is -4.13. The topological polar surface area (TPSA) is 75.0 Å². The first kappa shape index (κ1) is 21.0. The molecule has 1 aromatic carbocycles. The molecule has 0 bridgehead atoms. The van der Waals surface area contributed by atoms with E-state index in [0.717, 1.165) is 20.9 Å². The molecule has 0 atom stereocenters. The van der Waals surface area contributed by atoms with Crippen molar-refractivity contribution in [3.8, 4) is 0 Å². The molecule has 158 valence electrons. The van der Waals surface area contributed by atoms with Crippen LogP contribution < -0.4 is 5.56 Å². The molecule has 0 unspecified atom stereocenters. The van der Waals surface area contributed by atoms with Crippen molar-refractivity contribution in [3.63, 3.8) is 0 Å². The Morgan fingerprint density at radius 2 is 1.77 bits per heavy atom. The third kappa shape index (κ3) is 4.15. The number of piperazine rings is 1. The first-order valence-corrected chi connectivity index (χ1v) is 11.3. The lowest BCUT2D eigenvalue weighted by Crippen LogP contribution is -2.48. The third-order valence-electron chi connectivity index (χ3n) is 4.90. The quantitative estimate of drug-likeness (QED) is 0.551. The van der Waals surface area contributed by atoms with Gasteiger partial charge in [-0.2, -0.15) is 4.31 Å². The van der Waals surface area contributed by atoms with Gasteiger partial charge in [0.25, 0.3) is 5.56 Å². The van der Waals surface area contributed by atoms with Crippen molar-refractivity contribution < 1.29 is 17.2 Å². The highest BCUT2D eigenvalue weighted by molar-refractivity contribution is 9.10. The summed E-state index contributed by atoms with van der Waals surface area (Å²) in [6.07, 6.45) is 1.64. The molecule has 4 rings (SSSR count). The number of fused-ring (bicyclic) bond motifs is 1. The Hall–Kier alpha value is -2.21. The van der Waals surface area contributed by atoms with Crippen molar-refractivity contribution in [1.82, 2.24) is 18.6 Å². The van der Waals surface area contributed by atoms with Crippen LogP contribution in [0.4, 0.5) is 8.78 Å². The normalized spacial score (nSPS) is 16.2. The van der Waals surface area contributed by atoms with E-state index in [1.54, 1.807) is 18.3 Å². The molecular formula is C19H17BrF2N4O3S. The van der Waals surface area contributed by atoms with Crippen LogP contribution in [0.3, 0.4) is 0 Å². The van der Waals surface area contributed by atoms with Crippen LogP contribution in [-0.4, -0.2) is 53.2 Å². The summed E-state index contributed by atoms with van der Waals surface area (Å²) >= 11 is 3.32. The lowest BCUT2D eigenvalue weighted by Gasteiger charge is -2.33. The van der Waals surface area contributed by atoms with E-state index < -0.39 is 26.6 Å². The van der Waals surface area contributed by atoms with Crippen LogP contribution in [-0.2, 0) is 16.6 Å². The predicted molar refractivity (Wildman–Crippen MR) is 110 cm³/mol. The Kier molecular flexibility index (Phi) is 5.71. The highest BCUT2D eigenvalue weighted by Gasteiger charge is 2.31. The molecular weight excluding hydrogens is 482 g/mol. The molecule has 2 aromatic heterocycles. The van der Waals surface area contributed by atoms with Gasteiger partial charge < -0.3 is 0 Å². The van der Waals surface area contributed by atoms with Gasteiger partial charge in [0.1, 0.15) is 22.2 Å². The molecule has 1 saturated heterocycles.